The van der Waals surface area contributed by atoms with Gasteiger partial charge in [0.1, 0.15) is 5.76 Å². The van der Waals surface area contributed by atoms with Crippen molar-refractivity contribution in [3.8, 4) is 11.5 Å². The zero-order valence-corrected chi connectivity index (χ0v) is 19.9. The third-order valence-corrected chi connectivity index (χ3v) is 6.94. The highest BCUT2D eigenvalue weighted by atomic mass is 35.5. The average Bonchev–Trinajstić information content (AvgIpc) is 3.19. The smallest absolute Gasteiger partial charge is 0.251 e. The van der Waals surface area contributed by atoms with Gasteiger partial charge in [0.15, 0.2) is 0 Å². The van der Waals surface area contributed by atoms with E-state index in [1.165, 1.54) is 0 Å². The number of nitrogens with one attached hydrogen (secondary N) is 1. The predicted molar refractivity (Wildman–Crippen MR) is 131 cm³/mol. The molecule has 0 aliphatic rings. The maximum Gasteiger partial charge on any atom is 0.251 e. The number of carbonyl (C=O) groups is 1. The normalized spacial score (nSPS) is 11.8. The van der Waals surface area contributed by atoms with Crippen molar-refractivity contribution >= 4 is 28.3 Å². The molecule has 1 N–H and O–H groups in total. The molecule has 7 heteroatoms. The summed E-state index contributed by atoms with van der Waals surface area (Å²) in [5.74, 6) is 1.15. The monoisotopic (exact) mass is 478 g/mol. The average molecular weight is 479 g/mol. The molecule has 4 aromatic rings. The zero-order valence-electron chi connectivity index (χ0n) is 18.3. The highest BCUT2D eigenvalue weighted by Gasteiger charge is 2.16. The van der Waals surface area contributed by atoms with Gasteiger partial charge in [0.2, 0.25) is 5.89 Å². The van der Waals surface area contributed by atoms with Crippen LogP contribution in [0, 0.1) is 13.8 Å². The number of aromatic nitrogens is 1. The van der Waals surface area contributed by atoms with E-state index in [-0.39, 0.29) is 11.7 Å². The van der Waals surface area contributed by atoms with E-state index in [1.54, 1.807) is 30.3 Å². The topological polar surface area (TPSA) is 72.2 Å². The fourth-order valence-corrected chi connectivity index (χ4v) is 4.59. The quantitative estimate of drug-likeness (QED) is 0.361. The molecular weight excluding hydrogens is 456 g/mol. The van der Waals surface area contributed by atoms with Crippen LogP contribution in [0.3, 0.4) is 0 Å². The van der Waals surface area contributed by atoms with E-state index in [0.29, 0.717) is 34.5 Å². The summed E-state index contributed by atoms with van der Waals surface area (Å²) in [7, 11) is -1.21. The molecule has 0 aliphatic heterocycles. The first kappa shape index (κ1) is 23.0. The molecule has 1 amide bonds. The van der Waals surface area contributed by atoms with Crippen LogP contribution in [-0.2, 0) is 23.1 Å². The summed E-state index contributed by atoms with van der Waals surface area (Å²) in [4.78, 5) is 17.8. The van der Waals surface area contributed by atoms with Gasteiger partial charge in [-0.25, -0.2) is 4.98 Å². The Morgan fingerprint density at radius 2 is 1.70 bits per heavy atom. The van der Waals surface area contributed by atoms with Gasteiger partial charge in [0, 0.05) is 27.6 Å². The molecule has 0 aliphatic carbocycles. The molecule has 33 heavy (non-hydrogen) atoms. The van der Waals surface area contributed by atoms with Crippen molar-refractivity contribution in [2.75, 3.05) is 0 Å². The molecule has 168 valence electrons. The second kappa shape index (κ2) is 10.1. The van der Waals surface area contributed by atoms with Gasteiger partial charge in [0.05, 0.1) is 22.2 Å². The second-order valence-electron chi connectivity index (χ2n) is 7.68. The molecule has 0 unspecified atom stereocenters. The summed E-state index contributed by atoms with van der Waals surface area (Å²) in [5, 5.41) is 3.49. The number of hydrogen-bond donors (Lipinski definition) is 1. The van der Waals surface area contributed by atoms with Crippen molar-refractivity contribution in [1.29, 1.82) is 0 Å². The standard InChI is InChI=1S/C26H23ClN2O3S/c1-17-7-13-22(14-8-17)33(31)16-24-18(2)32-26(29-24)20-11-9-19(10-12-20)25(30)28-15-21-5-3-4-6-23(21)27/h3-14H,15-16H2,1-2H3,(H,28,30)/t33-/m1/s1. The number of hydrogen-bond acceptors (Lipinski definition) is 4. The number of aryl methyl sites for hydroxylation is 2. The first-order valence-electron chi connectivity index (χ1n) is 10.4. The molecule has 1 atom stereocenters. The lowest BCUT2D eigenvalue weighted by atomic mass is 10.1. The second-order valence-corrected chi connectivity index (χ2v) is 9.53. The van der Waals surface area contributed by atoms with Crippen molar-refractivity contribution in [1.82, 2.24) is 10.3 Å². The molecule has 4 rings (SSSR count). The summed E-state index contributed by atoms with van der Waals surface area (Å²) in [6, 6.07) is 22.1. The predicted octanol–water partition coefficient (Wildman–Crippen LogP) is 5.85. The van der Waals surface area contributed by atoms with Crippen LogP contribution in [-0.4, -0.2) is 15.1 Å². The van der Waals surface area contributed by atoms with Gasteiger partial charge in [-0.1, -0.05) is 47.5 Å². The summed E-state index contributed by atoms with van der Waals surface area (Å²) in [6.45, 7) is 4.16. The minimum absolute atomic E-state index is 0.195. The minimum Gasteiger partial charge on any atom is -0.441 e. The van der Waals surface area contributed by atoms with Crippen molar-refractivity contribution < 1.29 is 13.4 Å². The van der Waals surface area contributed by atoms with Crippen molar-refractivity contribution in [2.45, 2.75) is 31.0 Å². The van der Waals surface area contributed by atoms with E-state index in [0.717, 1.165) is 21.6 Å². The molecule has 0 saturated heterocycles. The Hall–Kier alpha value is -3.22. The van der Waals surface area contributed by atoms with Crippen molar-refractivity contribution in [2.24, 2.45) is 0 Å². The largest absolute Gasteiger partial charge is 0.441 e. The number of rotatable bonds is 7. The molecule has 0 spiro atoms. The fourth-order valence-electron chi connectivity index (χ4n) is 3.27. The molecule has 0 fully saturated rings. The van der Waals surface area contributed by atoms with Crippen LogP contribution in [0.25, 0.3) is 11.5 Å². The highest BCUT2D eigenvalue weighted by Crippen LogP contribution is 2.24. The Morgan fingerprint density at radius 3 is 2.39 bits per heavy atom. The van der Waals surface area contributed by atoms with E-state index < -0.39 is 10.8 Å². The van der Waals surface area contributed by atoms with Crippen LogP contribution < -0.4 is 5.32 Å². The van der Waals surface area contributed by atoms with Crippen LogP contribution in [0.15, 0.2) is 82.1 Å². The highest BCUT2D eigenvalue weighted by molar-refractivity contribution is 7.84. The minimum atomic E-state index is -1.21. The van der Waals surface area contributed by atoms with Gasteiger partial charge >= 0.3 is 0 Å². The van der Waals surface area contributed by atoms with Gasteiger partial charge in [-0.3, -0.25) is 9.00 Å². The van der Waals surface area contributed by atoms with Crippen LogP contribution >= 0.6 is 11.6 Å². The molecule has 0 saturated carbocycles. The Balaban J connectivity index is 1.42. The van der Waals surface area contributed by atoms with Gasteiger partial charge in [-0.05, 0) is 61.9 Å². The Bertz CT molecular complexity index is 1300. The van der Waals surface area contributed by atoms with Gasteiger partial charge in [-0.15, -0.1) is 0 Å². The van der Waals surface area contributed by atoms with Crippen LogP contribution in [0.5, 0.6) is 0 Å². The van der Waals surface area contributed by atoms with Gasteiger partial charge in [-0.2, -0.15) is 0 Å². The maximum atomic E-state index is 12.7. The van der Waals surface area contributed by atoms with Crippen LogP contribution in [0.1, 0.15) is 32.9 Å². The number of nitrogens with zero attached hydrogens (tertiary/aromatic N) is 1. The van der Waals surface area contributed by atoms with Crippen molar-refractivity contribution in [3.63, 3.8) is 0 Å². The molecule has 1 aromatic heterocycles. The lowest BCUT2D eigenvalue weighted by molar-refractivity contribution is 0.0951. The molecular formula is C26H23ClN2O3S. The van der Waals surface area contributed by atoms with E-state index >= 15 is 0 Å². The number of oxazole rings is 1. The summed E-state index contributed by atoms with van der Waals surface area (Å²) < 4.78 is 18.5. The van der Waals surface area contributed by atoms with E-state index in [2.05, 4.69) is 10.3 Å². The van der Waals surface area contributed by atoms with Crippen LogP contribution in [0.2, 0.25) is 5.02 Å². The van der Waals surface area contributed by atoms with Gasteiger partial charge < -0.3 is 9.73 Å². The molecule has 0 bridgehead atoms. The zero-order chi connectivity index (χ0) is 23.4. The third-order valence-electron chi connectivity index (χ3n) is 5.24. The van der Waals surface area contributed by atoms with Crippen molar-refractivity contribution in [3.05, 3.63) is 106 Å². The first-order valence-corrected chi connectivity index (χ1v) is 12.1. The summed E-state index contributed by atoms with van der Waals surface area (Å²) >= 11 is 6.14. The summed E-state index contributed by atoms with van der Waals surface area (Å²) in [5.41, 5.74) is 3.90. The maximum absolute atomic E-state index is 12.7. The third kappa shape index (κ3) is 5.59. The molecule has 5 nitrogen and oxygen atoms in total. The Labute approximate surface area is 200 Å². The molecule has 1 heterocycles. The molecule has 3 aromatic carbocycles. The fraction of sp³-hybridized carbons (Fsp3) is 0.154. The number of halogens is 1. The SMILES string of the molecule is Cc1ccc([S@](=O)Cc2nc(-c3ccc(C(=O)NCc4ccccc4Cl)cc3)oc2C)cc1. The first-order chi connectivity index (χ1) is 15.9. The van der Waals surface area contributed by atoms with Gasteiger partial charge in [0.25, 0.3) is 5.91 Å². The summed E-state index contributed by atoms with van der Waals surface area (Å²) in [6.07, 6.45) is 0. The molecule has 0 radical (unpaired) electrons. The lowest BCUT2D eigenvalue weighted by Crippen LogP contribution is -2.22. The lowest BCUT2D eigenvalue weighted by Gasteiger charge is -2.07. The van der Waals surface area contributed by atoms with E-state index in [9.17, 15) is 9.00 Å². The van der Waals surface area contributed by atoms with E-state index in [4.69, 9.17) is 16.0 Å². The van der Waals surface area contributed by atoms with E-state index in [1.807, 2.05) is 56.3 Å². The Kier molecular flexibility index (Phi) is 7.06. The van der Waals surface area contributed by atoms with Crippen LogP contribution in [0.4, 0.5) is 0 Å². The number of amides is 1. The number of benzene rings is 3. The Morgan fingerprint density at radius 1 is 1.00 bits per heavy atom. The number of carbonyl (C=O) groups excluding carboxylic acids is 1.